The van der Waals surface area contributed by atoms with Crippen molar-refractivity contribution < 1.29 is 42.6 Å². The second kappa shape index (κ2) is 22.2. The first kappa shape index (κ1) is 42.6. The molecule has 5 aromatic rings. The maximum absolute atomic E-state index is 7.26. The van der Waals surface area contributed by atoms with Gasteiger partial charge >= 0.3 is 0 Å². The third kappa shape index (κ3) is 12.0. The molecule has 0 N–H and O–H groups in total. The number of hydrogen-bond acceptors (Lipinski definition) is 9. The number of rotatable bonds is 20. The summed E-state index contributed by atoms with van der Waals surface area (Å²) in [5, 5.41) is 0. The molecular weight excluding hydrogens is 745 g/mol. The van der Waals surface area contributed by atoms with Crippen LogP contribution >= 0.6 is 0 Å². The van der Waals surface area contributed by atoms with Crippen LogP contribution in [0.15, 0.2) is 164 Å². The molecule has 310 valence electrons. The van der Waals surface area contributed by atoms with Crippen LogP contribution in [0.5, 0.6) is 0 Å². The summed E-state index contributed by atoms with van der Waals surface area (Å²) in [6.07, 6.45) is -4.88. The fourth-order valence-corrected chi connectivity index (χ4v) is 7.50. The van der Waals surface area contributed by atoms with Crippen molar-refractivity contribution in [2.75, 3.05) is 6.61 Å². The van der Waals surface area contributed by atoms with Crippen molar-refractivity contribution in [3.63, 3.8) is 0 Å². The highest BCUT2D eigenvalue weighted by Gasteiger charge is 2.53. The molecular formula is C50H56O9. The monoisotopic (exact) mass is 800 g/mol. The van der Waals surface area contributed by atoms with Gasteiger partial charge in [-0.15, -0.1) is 6.58 Å². The molecule has 2 heterocycles. The number of hydrogen-bond donors (Lipinski definition) is 0. The Morgan fingerprint density at radius 3 is 1.07 bits per heavy atom. The summed E-state index contributed by atoms with van der Waals surface area (Å²) in [4.78, 5) is 0. The highest BCUT2D eigenvalue weighted by atomic mass is 16.8. The minimum atomic E-state index is -0.938. The van der Waals surface area contributed by atoms with E-state index in [1.54, 1.807) is 6.08 Å². The smallest absolute Gasteiger partial charge is 0.187 e. The molecule has 0 amide bonds. The van der Waals surface area contributed by atoms with Crippen LogP contribution in [0.4, 0.5) is 0 Å². The minimum Gasteiger partial charge on any atom is -0.368 e. The van der Waals surface area contributed by atoms with E-state index in [0.29, 0.717) is 19.8 Å². The molecule has 0 spiro atoms. The Morgan fingerprint density at radius 1 is 0.390 bits per heavy atom. The van der Waals surface area contributed by atoms with E-state index in [2.05, 4.69) is 6.58 Å². The van der Waals surface area contributed by atoms with Gasteiger partial charge in [0.05, 0.1) is 51.8 Å². The zero-order chi connectivity index (χ0) is 40.7. The van der Waals surface area contributed by atoms with Gasteiger partial charge in [0.25, 0.3) is 0 Å². The molecule has 2 aliphatic heterocycles. The molecule has 2 fully saturated rings. The SMILES string of the molecule is C=CCO[C@H]1O[C@H](C)[C@@H](OCc2ccccc2)[C@H](O[C@@H]2O[C@H](C)[C@@H](OCc3ccccc3)[C@H](OCc3ccccc3)[C@@H]2OCc2ccccc2)[C@@H]1OCc1ccccc1. The van der Waals surface area contributed by atoms with E-state index < -0.39 is 61.4 Å². The molecule has 10 atom stereocenters. The van der Waals surface area contributed by atoms with Gasteiger partial charge in [0.2, 0.25) is 0 Å². The molecule has 9 nitrogen and oxygen atoms in total. The fraction of sp³-hybridized carbons (Fsp3) is 0.360. The van der Waals surface area contributed by atoms with Crippen molar-refractivity contribution >= 4 is 0 Å². The lowest BCUT2D eigenvalue weighted by atomic mass is 9.96. The van der Waals surface area contributed by atoms with E-state index in [4.69, 9.17) is 42.6 Å². The molecule has 0 bridgehead atoms. The average molecular weight is 801 g/mol. The van der Waals surface area contributed by atoms with Crippen LogP contribution in [0.3, 0.4) is 0 Å². The third-order valence-corrected chi connectivity index (χ3v) is 10.6. The topological polar surface area (TPSA) is 83.1 Å². The molecule has 2 aliphatic rings. The first-order valence-electron chi connectivity index (χ1n) is 20.5. The Balaban J connectivity index is 1.24. The van der Waals surface area contributed by atoms with Crippen molar-refractivity contribution in [1.82, 2.24) is 0 Å². The van der Waals surface area contributed by atoms with E-state index >= 15 is 0 Å². The van der Waals surface area contributed by atoms with Gasteiger partial charge in [-0.25, -0.2) is 0 Å². The summed E-state index contributed by atoms with van der Waals surface area (Å²) in [6.45, 7) is 9.71. The summed E-state index contributed by atoms with van der Waals surface area (Å²) in [5.41, 5.74) is 5.08. The minimum absolute atomic E-state index is 0.250. The van der Waals surface area contributed by atoms with Crippen LogP contribution in [0.25, 0.3) is 0 Å². The van der Waals surface area contributed by atoms with E-state index in [0.717, 1.165) is 27.8 Å². The van der Waals surface area contributed by atoms with Crippen molar-refractivity contribution in [1.29, 1.82) is 0 Å². The van der Waals surface area contributed by atoms with Gasteiger partial charge in [0.15, 0.2) is 12.6 Å². The molecule has 0 aliphatic carbocycles. The number of ether oxygens (including phenoxy) is 9. The van der Waals surface area contributed by atoms with Gasteiger partial charge in [0, 0.05) is 0 Å². The Hall–Kier alpha value is -4.52. The van der Waals surface area contributed by atoms with E-state index in [1.165, 1.54) is 0 Å². The zero-order valence-corrected chi connectivity index (χ0v) is 33.9. The van der Waals surface area contributed by atoms with E-state index in [-0.39, 0.29) is 19.8 Å². The maximum atomic E-state index is 7.26. The lowest BCUT2D eigenvalue weighted by Crippen LogP contribution is -2.65. The number of benzene rings is 5. The molecule has 0 radical (unpaired) electrons. The van der Waals surface area contributed by atoms with Gasteiger partial charge in [-0.3, -0.25) is 0 Å². The average Bonchev–Trinajstić information content (AvgIpc) is 3.28. The second-order valence-electron chi connectivity index (χ2n) is 14.9. The second-order valence-corrected chi connectivity index (χ2v) is 14.9. The van der Waals surface area contributed by atoms with Crippen molar-refractivity contribution in [3.8, 4) is 0 Å². The molecule has 9 heteroatoms. The first-order valence-corrected chi connectivity index (χ1v) is 20.5. The Kier molecular flexibility index (Phi) is 16.0. The third-order valence-electron chi connectivity index (χ3n) is 10.6. The van der Waals surface area contributed by atoms with Gasteiger partial charge < -0.3 is 42.6 Å². The normalized spacial score (nSPS) is 26.9. The Labute approximate surface area is 348 Å². The fourth-order valence-electron chi connectivity index (χ4n) is 7.50. The summed E-state index contributed by atoms with van der Waals surface area (Å²) >= 11 is 0. The van der Waals surface area contributed by atoms with Crippen LogP contribution in [0.2, 0.25) is 0 Å². The molecule has 0 aromatic heterocycles. The largest absolute Gasteiger partial charge is 0.368 e. The lowest BCUT2D eigenvalue weighted by Gasteiger charge is -2.49. The van der Waals surface area contributed by atoms with E-state index in [9.17, 15) is 0 Å². The lowest BCUT2D eigenvalue weighted by molar-refractivity contribution is -0.372. The van der Waals surface area contributed by atoms with Crippen LogP contribution < -0.4 is 0 Å². The molecule has 0 unspecified atom stereocenters. The molecule has 2 saturated heterocycles. The summed E-state index contributed by atoms with van der Waals surface area (Å²) < 4.78 is 61.0. The van der Waals surface area contributed by atoms with Crippen LogP contribution in [-0.2, 0) is 75.7 Å². The van der Waals surface area contributed by atoms with Gasteiger partial charge in [-0.2, -0.15) is 0 Å². The summed E-state index contributed by atoms with van der Waals surface area (Å²) in [6, 6.07) is 50.3. The highest BCUT2D eigenvalue weighted by molar-refractivity contribution is 5.17. The van der Waals surface area contributed by atoms with Crippen LogP contribution in [-0.4, -0.2) is 68.0 Å². The zero-order valence-electron chi connectivity index (χ0n) is 33.9. The maximum Gasteiger partial charge on any atom is 0.187 e. The quantitative estimate of drug-likeness (QED) is 0.0717. The Morgan fingerprint density at radius 2 is 0.695 bits per heavy atom. The molecule has 59 heavy (non-hydrogen) atoms. The summed E-state index contributed by atoms with van der Waals surface area (Å²) in [7, 11) is 0. The van der Waals surface area contributed by atoms with Crippen molar-refractivity contribution in [2.45, 2.75) is 108 Å². The predicted octanol–water partition coefficient (Wildman–Crippen LogP) is 8.99. The van der Waals surface area contributed by atoms with Gasteiger partial charge in [-0.1, -0.05) is 158 Å². The first-order chi connectivity index (χ1) is 29.1. The van der Waals surface area contributed by atoms with Crippen molar-refractivity contribution in [2.24, 2.45) is 0 Å². The Bertz CT molecular complexity index is 1920. The van der Waals surface area contributed by atoms with Gasteiger partial charge in [-0.05, 0) is 41.7 Å². The molecule has 0 saturated carbocycles. The molecule has 7 rings (SSSR count). The highest BCUT2D eigenvalue weighted by Crippen LogP contribution is 2.36. The standard InChI is InChI=1S/C50H56O9/c1-4-30-51-49-48(56-35-42-28-18-9-19-29-42)46(44(37(3)57-49)53-32-39-22-12-6-13-23-39)59-50-47(55-34-41-26-16-8-17-27-41)45(54-33-40-24-14-7-15-25-40)43(36(2)58-50)52-31-38-20-10-5-11-21-38/h4-29,36-37,43-50H,1,30-35H2,2-3H3/t36-,37-,43-,44-,45+,46+,47+,48+,49+,50+/m1/s1. The predicted molar refractivity (Wildman–Crippen MR) is 225 cm³/mol. The van der Waals surface area contributed by atoms with Crippen LogP contribution in [0.1, 0.15) is 41.7 Å². The van der Waals surface area contributed by atoms with Gasteiger partial charge in [0.1, 0.15) is 36.6 Å². The van der Waals surface area contributed by atoms with Crippen molar-refractivity contribution in [3.05, 3.63) is 192 Å². The van der Waals surface area contributed by atoms with Crippen LogP contribution in [0, 0.1) is 0 Å². The molecule has 5 aromatic carbocycles. The van der Waals surface area contributed by atoms with E-state index in [1.807, 2.05) is 166 Å². The summed E-state index contributed by atoms with van der Waals surface area (Å²) in [5.74, 6) is 0.